The van der Waals surface area contributed by atoms with Gasteiger partial charge >= 0.3 is 0 Å². The molecule has 0 bridgehead atoms. The molecule has 0 heterocycles. The molecule has 0 saturated carbocycles. The normalized spacial score (nSPS) is 10.3. The third-order valence-corrected chi connectivity index (χ3v) is 3.32. The van der Waals surface area contributed by atoms with Gasteiger partial charge in [0.05, 0.1) is 7.11 Å². The molecular weight excluding hydrogens is 260 g/mol. The Labute approximate surface area is 118 Å². The van der Waals surface area contributed by atoms with Crippen LogP contribution >= 0.6 is 11.6 Å². The Balaban J connectivity index is 2.22. The fourth-order valence-electron chi connectivity index (χ4n) is 1.92. The average Bonchev–Trinajstić information content (AvgIpc) is 2.40. The summed E-state index contributed by atoms with van der Waals surface area (Å²) in [6, 6.07) is 13.5. The van der Waals surface area contributed by atoms with E-state index in [1.54, 1.807) is 13.2 Å². The summed E-state index contributed by atoms with van der Waals surface area (Å²) >= 11 is 6.17. The molecule has 0 amide bonds. The van der Waals surface area contributed by atoms with Crippen LogP contribution < -0.4 is 15.4 Å². The van der Waals surface area contributed by atoms with Crippen molar-refractivity contribution in [2.45, 2.75) is 6.54 Å². The van der Waals surface area contributed by atoms with Crippen LogP contribution in [0.5, 0.6) is 5.75 Å². The first-order valence-corrected chi connectivity index (χ1v) is 6.37. The summed E-state index contributed by atoms with van der Waals surface area (Å²) in [6.07, 6.45) is 0. The first kappa shape index (κ1) is 13.6. The summed E-state index contributed by atoms with van der Waals surface area (Å²) in [5, 5.41) is 0.769. The first-order chi connectivity index (χ1) is 9.10. The molecule has 0 radical (unpaired) electrons. The van der Waals surface area contributed by atoms with Gasteiger partial charge in [-0.1, -0.05) is 29.8 Å². The summed E-state index contributed by atoms with van der Waals surface area (Å²) in [4.78, 5) is 2.08. The third kappa shape index (κ3) is 3.32. The number of ether oxygens (including phenoxy) is 1. The summed E-state index contributed by atoms with van der Waals surface area (Å²) in [5.41, 5.74) is 8.62. The van der Waals surface area contributed by atoms with Gasteiger partial charge < -0.3 is 15.4 Å². The monoisotopic (exact) mass is 276 g/mol. The zero-order valence-corrected chi connectivity index (χ0v) is 11.8. The zero-order valence-electron chi connectivity index (χ0n) is 11.1. The second-order valence-corrected chi connectivity index (χ2v) is 4.82. The third-order valence-electron chi connectivity index (χ3n) is 2.96. The molecule has 19 heavy (non-hydrogen) atoms. The topological polar surface area (TPSA) is 38.5 Å². The van der Waals surface area contributed by atoms with E-state index in [2.05, 4.69) is 4.90 Å². The standard InChI is InChI=1S/C15H17ClN2O/c1-18(10-11-5-3-4-6-15(11)16)13-7-12(17)8-14(9-13)19-2/h3-9H,10,17H2,1-2H3. The van der Waals surface area contributed by atoms with Crippen LogP contribution in [0.3, 0.4) is 0 Å². The fraction of sp³-hybridized carbons (Fsp3) is 0.200. The largest absolute Gasteiger partial charge is 0.497 e. The molecule has 3 nitrogen and oxygen atoms in total. The van der Waals surface area contributed by atoms with Crippen molar-refractivity contribution in [3.05, 3.63) is 53.1 Å². The highest BCUT2D eigenvalue weighted by molar-refractivity contribution is 6.31. The summed E-state index contributed by atoms with van der Waals surface area (Å²) in [5.74, 6) is 0.751. The Kier molecular flexibility index (Phi) is 4.17. The number of nitrogens with zero attached hydrogens (tertiary/aromatic N) is 1. The molecule has 2 aromatic carbocycles. The second-order valence-electron chi connectivity index (χ2n) is 4.41. The SMILES string of the molecule is COc1cc(N)cc(N(C)Cc2ccccc2Cl)c1. The van der Waals surface area contributed by atoms with Crippen LogP contribution in [0.25, 0.3) is 0 Å². The van der Waals surface area contributed by atoms with Gasteiger partial charge in [0.2, 0.25) is 0 Å². The molecule has 0 aliphatic carbocycles. The molecule has 2 N–H and O–H groups in total. The summed E-state index contributed by atoms with van der Waals surface area (Å²) in [6.45, 7) is 0.715. The van der Waals surface area contributed by atoms with Crippen LogP contribution in [0.15, 0.2) is 42.5 Å². The van der Waals surface area contributed by atoms with E-state index in [0.717, 1.165) is 22.0 Å². The number of hydrogen-bond acceptors (Lipinski definition) is 3. The quantitative estimate of drug-likeness (QED) is 0.868. The molecule has 2 rings (SSSR count). The molecule has 0 aromatic heterocycles. The minimum absolute atomic E-state index is 0.681. The van der Waals surface area contributed by atoms with Crippen molar-refractivity contribution in [2.75, 3.05) is 24.8 Å². The molecule has 0 aliphatic heterocycles. The number of hydrogen-bond donors (Lipinski definition) is 1. The van der Waals surface area contributed by atoms with Crippen molar-refractivity contribution in [2.24, 2.45) is 0 Å². The fourth-order valence-corrected chi connectivity index (χ4v) is 2.11. The van der Waals surface area contributed by atoms with Gasteiger partial charge in [-0.2, -0.15) is 0 Å². The summed E-state index contributed by atoms with van der Waals surface area (Å²) < 4.78 is 5.23. The van der Waals surface area contributed by atoms with Crippen LogP contribution in [0, 0.1) is 0 Å². The number of anilines is 2. The van der Waals surface area contributed by atoms with Crippen molar-refractivity contribution >= 4 is 23.0 Å². The van der Waals surface area contributed by atoms with E-state index in [-0.39, 0.29) is 0 Å². The predicted molar refractivity (Wildman–Crippen MR) is 81.0 cm³/mol. The van der Waals surface area contributed by atoms with E-state index < -0.39 is 0 Å². The lowest BCUT2D eigenvalue weighted by Gasteiger charge is -2.21. The van der Waals surface area contributed by atoms with E-state index >= 15 is 0 Å². The minimum atomic E-state index is 0.681. The highest BCUT2D eigenvalue weighted by Crippen LogP contribution is 2.26. The molecule has 0 atom stereocenters. The maximum absolute atomic E-state index is 6.17. The Hall–Kier alpha value is -1.87. The van der Waals surface area contributed by atoms with Gasteiger partial charge in [-0.05, 0) is 17.7 Å². The lowest BCUT2D eigenvalue weighted by molar-refractivity contribution is 0.415. The molecule has 4 heteroatoms. The van der Waals surface area contributed by atoms with Crippen molar-refractivity contribution in [3.8, 4) is 5.75 Å². The Morgan fingerprint density at radius 2 is 1.95 bits per heavy atom. The molecule has 2 aromatic rings. The zero-order chi connectivity index (χ0) is 13.8. The Bertz CT molecular complexity index is 572. The highest BCUT2D eigenvalue weighted by Gasteiger charge is 2.07. The lowest BCUT2D eigenvalue weighted by atomic mass is 10.2. The van der Waals surface area contributed by atoms with E-state index in [1.807, 2.05) is 43.4 Å². The number of rotatable bonds is 4. The first-order valence-electron chi connectivity index (χ1n) is 5.99. The maximum atomic E-state index is 6.17. The second kappa shape index (κ2) is 5.85. The van der Waals surface area contributed by atoms with E-state index in [1.165, 1.54) is 0 Å². The van der Waals surface area contributed by atoms with Crippen LogP contribution in [0.1, 0.15) is 5.56 Å². The van der Waals surface area contributed by atoms with E-state index in [0.29, 0.717) is 12.2 Å². The maximum Gasteiger partial charge on any atom is 0.122 e. The van der Waals surface area contributed by atoms with E-state index in [4.69, 9.17) is 22.1 Å². The molecular formula is C15H17ClN2O. The number of methoxy groups -OCH3 is 1. The molecule has 100 valence electrons. The van der Waals surface area contributed by atoms with Gasteiger partial charge in [-0.25, -0.2) is 0 Å². The Morgan fingerprint density at radius 1 is 1.21 bits per heavy atom. The molecule has 0 fully saturated rings. The van der Waals surface area contributed by atoms with Gasteiger partial charge in [-0.3, -0.25) is 0 Å². The number of benzene rings is 2. The van der Waals surface area contributed by atoms with E-state index in [9.17, 15) is 0 Å². The minimum Gasteiger partial charge on any atom is -0.497 e. The molecule has 0 unspecified atom stereocenters. The molecule has 0 spiro atoms. The van der Waals surface area contributed by atoms with Gasteiger partial charge in [0, 0.05) is 42.1 Å². The average molecular weight is 277 g/mol. The summed E-state index contributed by atoms with van der Waals surface area (Å²) in [7, 11) is 3.63. The molecule has 0 saturated heterocycles. The van der Waals surface area contributed by atoms with Crippen molar-refractivity contribution in [1.29, 1.82) is 0 Å². The van der Waals surface area contributed by atoms with Crippen molar-refractivity contribution in [3.63, 3.8) is 0 Å². The van der Waals surface area contributed by atoms with Crippen molar-refractivity contribution in [1.82, 2.24) is 0 Å². The van der Waals surface area contributed by atoms with Crippen LogP contribution in [0.4, 0.5) is 11.4 Å². The van der Waals surface area contributed by atoms with Gasteiger partial charge in [-0.15, -0.1) is 0 Å². The van der Waals surface area contributed by atoms with Crippen molar-refractivity contribution < 1.29 is 4.74 Å². The molecule has 0 aliphatic rings. The van der Waals surface area contributed by atoms with Gasteiger partial charge in [0.25, 0.3) is 0 Å². The smallest absolute Gasteiger partial charge is 0.122 e. The highest BCUT2D eigenvalue weighted by atomic mass is 35.5. The predicted octanol–water partition coefficient (Wildman–Crippen LogP) is 3.57. The van der Waals surface area contributed by atoms with Crippen LogP contribution in [-0.2, 0) is 6.54 Å². The number of nitrogen functional groups attached to an aromatic ring is 1. The number of halogens is 1. The van der Waals surface area contributed by atoms with Crippen LogP contribution in [0.2, 0.25) is 5.02 Å². The number of nitrogens with two attached hydrogens (primary N) is 1. The van der Waals surface area contributed by atoms with Crippen LogP contribution in [-0.4, -0.2) is 14.2 Å². The Morgan fingerprint density at radius 3 is 2.63 bits per heavy atom. The van der Waals surface area contributed by atoms with Gasteiger partial charge in [0.1, 0.15) is 5.75 Å². The lowest BCUT2D eigenvalue weighted by Crippen LogP contribution is -2.16. The van der Waals surface area contributed by atoms with Gasteiger partial charge in [0.15, 0.2) is 0 Å².